The minimum absolute atomic E-state index is 0.220. The summed E-state index contributed by atoms with van der Waals surface area (Å²) in [5, 5.41) is 18.0. The van der Waals surface area contributed by atoms with E-state index >= 15 is 0 Å². The highest BCUT2D eigenvalue weighted by Crippen LogP contribution is 2.42. The van der Waals surface area contributed by atoms with Crippen LogP contribution in [0.25, 0.3) is 0 Å². The van der Waals surface area contributed by atoms with Crippen LogP contribution >= 0.6 is 0 Å². The van der Waals surface area contributed by atoms with Crippen molar-refractivity contribution >= 4 is 17.7 Å². The minimum Gasteiger partial charge on any atom is -0.480 e. The van der Waals surface area contributed by atoms with Gasteiger partial charge in [-0.2, -0.15) is 5.10 Å². The highest BCUT2D eigenvalue weighted by molar-refractivity contribution is 5.88. The van der Waals surface area contributed by atoms with E-state index in [1.165, 1.54) is 36.3 Å². The fraction of sp³-hybridized carbons (Fsp3) is 0.615. The van der Waals surface area contributed by atoms with Crippen molar-refractivity contribution in [1.82, 2.24) is 15.1 Å². The summed E-state index contributed by atoms with van der Waals surface area (Å²) < 4.78 is 1.26. The number of aliphatic carboxylic acids is 1. The fourth-order valence-corrected chi connectivity index (χ4v) is 2.43. The van der Waals surface area contributed by atoms with Crippen LogP contribution in [0.1, 0.15) is 32.6 Å². The molecular formula is C13H20N4O3. The van der Waals surface area contributed by atoms with Gasteiger partial charge in [0.05, 0.1) is 11.9 Å². The second-order valence-corrected chi connectivity index (χ2v) is 5.34. The highest BCUT2D eigenvalue weighted by Gasteiger charge is 2.35. The lowest BCUT2D eigenvalue weighted by molar-refractivity contribution is -0.137. The number of urea groups is 1. The predicted molar refractivity (Wildman–Crippen MR) is 73.5 cm³/mol. The van der Waals surface area contributed by atoms with Crippen molar-refractivity contribution in [2.75, 3.05) is 11.9 Å². The summed E-state index contributed by atoms with van der Waals surface area (Å²) in [6.45, 7) is 2.61. The summed E-state index contributed by atoms with van der Waals surface area (Å²) >= 11 is 0. The molecule has 1 aromatic rings. The van der Waals surface area contributed by atoms with Crippen LogP contribution in [0.4, 0.5) is 10.5 Å². The van der Waals surface area contributed by atoms with Crippen LogP contribution in [0.3, 0.4) is 0 Å². The van der Waals surface area contributed by atoms with Crippen molar-refractivity contribution in [2.24, 2.45) is 5.41 Å². The van der Waals surface area contributed by atoms with Crippen LogP contribution in [-0.2, 0) is 11.3 Å². The zero-order chi connectivity index (χ0) is 14.6. The summed E-state index contributed by atoms with van der Waals surface area (Å²) in [6, 6.07) is -0.278. The first-order valence-corrected chi connectivity index (χ1v) is 6.82. The van der Waals surface area contributed by atoms with Crippen LogP contribution in [0.15, 0.2) is 12.4 Å². The molecule has 2 amide bonds. The van der Waals surface area contributed by atoms with Crippen LogP contribution in [0.5, 0.6) is 0 Å². The quantitative estimate of drug-likeness (QED) is 0.738. The number of aromatic nitrogens is 2. The van der Waals surface area contributed by atoms with Crippen molar-refractivity contribution in [3.05, 3.63) is 12.4 Å². The molecule has 1 aliphatic rings. The van der Waals surface area contributed by atoms with Gasteiger partial charge in [-0.15, -0.1) is 0 Å². The maximum Gasteiger partial charge on any atom is 0.325 e. The Bertz CT molecular complexity index is 488. The monoisotopic (exact) mass is 280 g/mol. The van der Waals surface area contributed by atoms with Gasteiger partial charge in [0.15, 0.2) is 0 Å². The third kappa shape index (κ3) is 3.49. The van der Waals surface area contributed by atoms with E-state index < -0.39 is 5.97 Å². The van der Waals surface area contributed by atoms with Crippen molar-refractivity contribution in [3.8, 4) is 0 Å². The van der Waals surface area contributed by atoms with Crippen molar-refractivity contribution in [2.45, 2.75) is 39.2 Å². The van der Waals surface area contributed by atoms with Gasteiger partial charge in [-0.25, -0.2) is 4.79 Å². The minimum atomic E-state index is -0.973. The number of carbonyl (C=O) groups excluding carboxylic acids is 1. The van der Waals surface area contributed by atoms with Gasteiger partial charge in [0.25, 0.3) is 0 Å². The summed E-state index contributed by atoms with van der Waals surface area (Å²) in [7, 11) is 0. The zero-order valence-electron chi connectivity index (χ0n) is 11.6. The van der Waals surface area contributed by atoms with E-state index in [0.717, 1.165) is 6.42 Å². The van der Waals surface area contributed by atoms with Gasteiger partial charge in [-0.3, -0.25) is 9.48 Å². The molecule has 110 valence electrons. The molecule has 0 radical (unpaired) electrons. The second-order valence-electron chi connectivity index (χ2n) is 5.34. The molecule has 1 heterocycles. The van der Waals surface area contributed by atoms with Gasteiger partial charge in [0.2, 0.25) is 0 Å². The number of hydrogen-bond acceptors (Lipinski definition) is 3. The van der Waals surface area contributed by atoms with Gasteiger partial charge in [-0.1, -0.05) is 13.3 Å². The normalized spacial score (nSPS) is 16.2. The Morgan fingerprint density at radius 3 is 2.80 bits per heavy atom. The first-order chi connectivity index (χ1) is 9.53. The Morgan fingerprint density at radius 1 is 1.50 bits per heavy atom. The lowest BCUT2D eigenvalue weighted by Gasteiger charge is -2.41. The summed E-state index contributed by atoms with van der Waals surface area (Å²) in [4.78, 5) is 22.3. The lowest BCUT2D eigenvalue weighted by Crippen LogP contribution is -2.43. The largest absolute Gasteiger partial charge is 0.480 e. The molecule has 7 nitrogen and oxygen atoms in total. The first kappa shape index (κ1) is 14.4. The average molecular weight is 280 g/mol. The topological polar surface area (TPSA) is 96.3 Å². The Kier molecular flexibility index (Phi) is 4.26. The van der Waals surface area contributed by atoms with E-state index in [0.29, 0.717) is 12.2 Å². The van der Waals surface area contributed by atoms with E-state index in [-0.39, 0.29) is 18.0 Å². The van der Waals surface area contributed by atoms with E-state index in [2.05, 4.69) is 22.7 Å². The van der Waals surface area contributed by atoms with E-state index in [9.17, 15) is 9.59 Å². The number of carbonyl (C=O) groups is 2. The zero-order valence-corrected chi connectivity index (χ0v) is 11.6. The van der Waals surface area contributed by atoms with Crippen LogP contribution in [0.2, 0.25) is 0 Å². The average Bonchev–Trinajstić information content (AvgIpc) is 2.74. The second kappa shape index (κ2) is 5.94. The molecule has 7 heteroatoms. The molecule has 3 N–H and O–H groups in total. The van der Waals surface area contributed by atoms with Crippen molar-refractivity contribution in [3.63, 3.8) is 0 Å². The fourth-order valence-electron chi connectivity index (χ4n) is 2.43. The first-order valence-electron chi connectivity index (χ1n) is 6.82. The number of hydrogen-bond donors (Lipinski definition) is 3. The van der Waals surface area contributed by atoms with Gasteiger partial charge in [0, 0.05) is 12.7 Å². The molecule has 0 aliphatic heterocycles. The number of nitrogens with zero attached hydrogens (tertiary/aromatic N) is 2. The molecule has 0 bridgehead atoms. The highest BCUT2D eigenvalue weighted by atomic mass is 16.4. The molecule has 0 unspecified atom stereocenters. The number of anilines is 1. The molecule has 0 saturated heterocycles. The molecule has 1 fully saturated rings. The maximum atomic E-state index is 11.8. The number of amides is 2. The number of nitrogens with one attached hydrogen (secondary N) is 2. The van der Waals surface area contributed by atoms with Gasteiger partial charge >= 0.3 is 12.0 Å². The predicted octanol–water partition coefficient (Wildman–Crippen LogP) is 1.67. The number of rotatable bonds is 6. The Hall–Kier alpha value is -2.05. The third-order valence-electron chi connectivity index (χ3n) is 3.98. The standard InChI is InChI=1S/C13H20N4O3/c1-2-13(4-3-5-13)9-14-12(20)16-10-6-15-17(7-10)8-11(18)19/h6-7H,2-5,8-9H2,1H3,(H,18,19)(H2,14,16,20). The maximum absolute atomic E-state index is 11.8. The third-order valence-corrected chi connectivity index (χ3v) is 3.98. The smallest absolute Gasteiger partial charge is 0.325 e. The van der Waals surface area contributed by atoms with E-state index in [4.69, 9.17) is 5.11 Å². The lowest BCUT2D eigenvalue weighted by atomic mass is 9.67. The Balaban J connectivity index is 1.79. The Morgan fingerprint density at radius 2 is 2.25 bits per heavy atom. The number of carboxylic acid groups (broad SMARTS) is 1. The summed E-state index contributed by atoms with van der Waals surface area (Å²) in [5.74, 6) is -0.973. The Labute approximate surface area is 117 Å². The summed E-state index contributed by atoms with van der Waals surface area (Å²) in [5.41, 5.74) is 0.757. The number of carboxylic acids is 1. The van der Waals surface area contributed by atoms with Crippen LogP contribution in [-0.4, -0.2) is 33.4 Å². The van der Waals surface area contributed by atoms with E-state index in [1.54, 1.807) is 0 Å². The molecule has 2 rings (SSSR count). The van der Waals surface area contributed by atoms with Crippen LogP contribution in [0, 0.1) is 5.41 Å². The molecule has 0 atom stereocenters. The van der Waals surface area contributed by atoms with Gasteiger partial charge < -0.3 is 15.7 Å². The SMILES string of the molecule is CCC1(CNC(=O)Nc2cnn(CC(=O)O)c2)CCC1. The molecule has 1 aliphatic carbocycles. The summed E-state index contributed by atoms with van der Waals surface area (Å²) in [6.07, 6.45) is 7.57. The van der Waals surface area contributed by atoms with E-state index in [1.807, 2.05) is 0 Å². The molecular weight excluding hydrogens is 260 g/mol. The molecule has 20 heavy (non-hydrogen) atoms. The van der Waals surface area contributed by atoms with Crippen LogP contribution < -0.4 is 10.6 Å². The van der Waals surface area contributed by atoms with Crippen molar-refractivity contribution in [1.29, 1.82) is 0 Å². The molecule has 1 saturated carbocycles. The molecule has 1 aromatic heterocycles. The van der Waals surface area contributed by atoms with Gasteiger partial charge in [0.1, 0.15) is 6.54 Å². The van der Waals surface area contributed by atoms with Gasteiger partial charge in [-0.05, 0) is 24.7 Å². The molecule has 0 aromatic carbocycles. The molecule has 0 spiro atoms. The van der Waals surface area contributed by atoms with Crippen molar-refractivity contribution < 1.29 is 14.7 Å².